The number of hydrogen-bond donors (Lipinski definition) is 0. The van der Waals surface area contributed by atoms with E-state index in [0.29, 0.717) is 5.54 Å². The van der Waals surface area contributed by atoms with Gasteiger partial charge in [-0.2, -0.15) is 0 Å². The SMILES string of the molecule is CCC12CCC(N3CCC(N4CCC(N5CCC5)CC4)CC3)(CC1)C2. The summed E-state index contributed by atoms with van der Waals surface area (Å²) in [6.07, 6.45) is 16.2. The van der Waals surface area contributed by atoms with Crippen LogP contribution in [-0.4, -0.2) is 71.6 Å². The highest BCUT2D eigenvalue weighted by Gasteiger charge is 2.55. The van der Waals surface area contributed by atoms with Crippen LogP contribution >= 0.6 is 0 Å². The maximum Gasteiger partial charge on any atom is 0.0215 e. The van der Waals surface area contributed by atoms with Crippen molar-refractivity contribution >= 4 is 0 Å². The molecule has 25 heavy (non-hydrogen) atoms. The highest BCUT2D eigenvalue weighted by molar-refractivity contribution is 5.11. The van der Waals surface area contributed by atoms with Crippen molar-refractivity contribution in [1.29, 1.82) is 0 Å². The lowest BCUT2D eigenvalue weighted by Crippen LogP contribution is -2.56. The molecule has 0 aromatic heterocycles. The predicted molar refractivity (Wildman–Crippen MR) is 104 cm³/mol. The van der Waals surface area contributed by atoms with Gasteiger partial charge in [0.25, 0.3) is 0 Å². The highest BCUT2D eigenvalue weighted by Crippen LogP contribution is 2.60. The van der Waals surface area contributed by atoms with E-state index < -0.39 is 0 Å². The second-order valence-corrected chi connectivity index (χ2v) is 10.1. The van der Waals surface area contributed by atoms with Gasteiger partial charge in [-0.25, -0.2) is 0 Å². The summed E-state index contributed by atoms with van der Waals surface area (Å²) in [6, 6.07) is 1.81. The quantitative estimate of drug-likeness (QED) is 0.768. The van der Waals surface area contributed by atoms with Crippen molar-refractivity contribution in [2.24, 2.45) is 5.41 Å². The summed E-state index contributed by atoms with van der Waals surface area (Å²) in [6.45, 7) is 10.7. The molecule has 3 nitrogen and oxygen atoms in total. The summed E-state index contributed by atoms with van der Waals surface area (Å²) in [4.78, 5) is 8.56. The van der Waals surface area contributed by atoms with Crippen LogP contribution in [0.25, 0.3) is 0 Å². The molecule has 3 aliphatic heterocycles. The van der Waals surface area contributed by atoms with Crippen LogP contribution in [0.2, 0.25) is 0 Å². The Morgan fingerprint density at radius 2 is 1.28 bits per heavy atom. The minimum absolute atomic E-state index is 0.630. The van der Waals surface area contributed by atoms with Crippen molar-refractivity contribution in [2.75, 3.05) is 39.3 Å². The van der Waals surface area contributed by atoms with E-state index >= 15 is 0 Å². The molecule has 3 heterocycles. The summed E-state index contributed by atoms with van der Waals surface area (Å²) in [5.41, 5.74) is 1.38. The maximum atomic E-state index is 2.96. The molecule has 5 rings (SSSR count). The Hall–Kier alpha value is -0.120. The first-order valence-corrected chi connectivity index (χ1v) is 11.5. The van der Waals surface area contributed by atoms with Crippen LogP contribution < -0.4 is 0 Å². The van der Waals surface area contributed by atoms with Crippen molar-refractivity contribution in [3.05, 3.63) is 0 Å². The molecule has 0 amide bonds. The van der Waals surface area contributed by atoms with Gasteiger partial charge < -0.3 is 9.80 Å². The smallest absolute Gasteiger partial charge is 0.0215 e. The Morgan fingerprint density at radius 1 is 0.720 bits per heavy atom. The van der Waals surface area contributed by atoms with Crippen molar-refractivity contribution < 1.29 is 0 Å². The first-order valence-electron chi connectivity index (χ1n) is 11.5. The van der Waals surface area contributed by atoms with E-state index in [4.69, 9.17) is 0 Å². The molecule has 0 N–H and O–H groups in total. The van der Waals surface area contributed by atoms with E-state index in [1.807, 2.05) is 0 Å². The summed E-state index contributed by atoms with van der Waals surface area (Å²) < 4.78 is 0. The standard InChI is InChI=1S/C22H39N3/c1-2-21-8-10-22(18-21,11-9-21)25-16-6-20(7-17-25)24-14-4-19(5-15-24)23-12-3-13-23/h19-20H,2-18H2,1H3. The lowest BCUT2D eigenvalue weighted by molar-refractivity contribution is 0.00894. The van der Waals surface area contributed by atoms with Gasteiger partial charge in [0.1, 0.15) is 0 Å². The van der Waals surface area contributed by atoms with Crippen molar-refractivity contribution in [3.8, 4) is 0 Å². The van der Waals surface area contributed by atoms with Crippen molar-refractivity contribution in [2.45, 2.75) is 95.2 Å². The van der Waals surface area contributed by atoms with Crippen molar-refractivity contribution in [1.82, 2.24) is 14.7 Å². The maximum absolute atomic E-state index is 2.96. The molecular formula is C22H39N3. The summed E-state index contributed by atoms with van der Waals surface area (Å²) in [5.74, 6) is 0. The molecule has 142 valence electrons. The molecule has 2 saturated carbocycles. The van der Waals surface area contributed by atoms with Crippen LogP contribution in [0, 0.1) is 5.41 Å². The normalized spacial score (nSPS) is 42.1. The topological polar surface area (TPSA) is 9.72 Å². The van der Waals surface area contributed by atoms with E-state index in [9.17, 15) is 0 Å². The Balaban J connectivity index is 1.12. The Morgan fingerprint density at radius 3 is 1.76 bits per heavy atom. The fourth-order valence-electron chi connectivity index (χ4n) is 7.23. The van der Waals surface area contributed by atoms with Crippen LogP contribution in [0.5, 0.6) is 0 Å². The number of piperidine rings is 2. The van der Waals surface area contributed by atoms with Gasteiger partial charge >= 0.3 is 0 Å². The van der Waals surface area contributed by atoms with Gasteiger partial charge in [0.2, 0.25) is 0 Å². The molecule has 3 saturated heterocycles. The monoisotopic (exact) mass is 345 g/mol. The van der Waals surface area contributed by atoms with Crippen LogP contribution in [0.1, 0.15) is 77.6 Å². The first kappa shape index (κ1) is 17.0. The molecule has 0 aromatic rings. The molecule has 0 spiro atoms. The second-order valence-electron chi connectivity index (χ2n) is 10.1. The van der Waals surface area contributed by atoms with Crippen LogP contribution in [0.4, 0.5) is 0 Å². The van der Waals surface area contributed by atoms with Gasteiger partial charge in [-0.15, -0.1) is 0 Å². The molecule has 2 aliphatic carbocycles. The van der Waals surface area contributed by atoms with Gasteiger partial charge in [-0.1, -0.05) is 13.3 Å². The summed E-state index contributed by atoms with van der Waals surface area (Å²) >= 11 is 0. The number of likely N-dealkylation sites (tertiary alicyclic amines) is 3. The highest BCUT2D eigenvalue weighted by atomic mass is 15.3. The van der Waals surface area contributed by atoms with Crippen LogP contribution in [0.15, 0.2) is 0 Å². The Labute approximate surface area is 155 Å². The van der Waals surface area contributed by atoms with E-state index in [2.05, 4.69) is 21.6 Å². The third-order valence-electron chi connectivity index (χ3n) is 9.25. The average molecular weight is 346 g/mol. The molecule has 0 aromatic carbocycles. The summed E-state index contributed by atoms with van der Waals surface area (Å²) in [7, 11) is 0. The molecule has 0 unspecified atom stereocenters. The van der Waals surface area contributed by atoms with Gasteiger partial charge in [0.05, 0.1) is 0 Å². The lowest BCUT2D eigenvalue weighted by Gasteiger charge is -2.49. The Bertz CT molecular complexity index is 462. The molecule has 5 fully saturated rings. The van der Waals surface area contributed by atoms with E-state index in [1.165, 1.54) is 110 Å². The zero-order valence-corrected chi connectivity index (χ0v) is 16.5. The van der Waals surface area contributed by atoms with Gasteiger partial charge in [0.15, 0.2) is 0 Å². The van der Waals surface area contributed by atoms with Crippen molar-refractivity contribution in [3.63, 3.8) is 0 Å². The third-order valence-corrected chi connectivity index (χ3v) is 9.25. The van der Waals surface area contributed by atoms with E-state index in [-0.39, 0.29) is 0 Å². The first-order chi connectivity index (χ1) is 12.2. The molecular weight excluding hydrogens is 306 g/mol. The largest absolute Gasteiger partial charge is 0.300 e. The van der Waals surface area contributed by atoms with Crippen LogP contribution in [-0.2, 0) is 0 Å². The second kappa shape index (κ2) is 6.49. The zero-order valence-electron chi connectivity index (χ0n) is 16.5. The number of hydrogen-bond acceptors (Lipinski definition) is 3. The average Bonchev–Trinajstić information content (AvgIpc) is 3.19. The molecule has 0 radical (unpaired) electrons. The molecule has 2 bridgehead atoms. The zero-order chi connectivity index (χ0) is 16.9. The fourth-order valence-corrected chi connectivity index (χ4v) is 7.23. The molecule has 5 aliphatic rings. The predicted octanol–water partition coefficient (Wildman–Crippen LogP) is 3.73. The van der Waals surface area contributed by atoms with E-state index in [0.717, 1.165) is 17.5 Å². The minimum Gasteiger partial charge on any atom is -0.300 e. The third kappa shape index (κ3) is 2.89. The van der Waals surface area contributed by atoms with Gasteiger partial charge in [0, 0.05) is 30.7 Å². The number of rotatable bonds is 4. The van der Waals surface area contributed by atoms with Gasteiger partial charge in [-0.05, 0) is 95.8 Å². The van der Waals surface area contributed by atoms with Crippen LogP contribution in [0.3, 0.4) is 0 Å². The number of fused-ring (bicyclic) bond motifs is 2. The summed E-state index contributed by atoms with van der Waals surface area (Å²) in [5, 5.41) is 0. The fraction of sp³-hybridized carbons (Fsp3) is 1.00. The minimum atomic E-state index is 0.630. The Kier molecular flexibility index (Phi) is 4.42. The van der Waals surface area contributed by atoms with E-state index in [1.54, 1.807) is 0 Å². The number of nitrogens with zero attached hydrogens (tertiary/aromatic N) is 3. The lowest BCUT2D eigenvalue weighted by atomic mass is 9.81. The molecule has 3 heteroatoms. The molecule has 0 atom stereocenters. The van der Waals surface area contributed by atoms with Gasteiger partial charge in [-0.3, -0.25) is 4.90 Å².